The molecule has 0 saturated carbocycles. The average molecular weight is 211 g/mol. The normalized spacial score (nSPS) is 11.1. The summed E-state index contributed by atoms with van der Waals surface area (Å²) in [6, 6.07) is 0. The van der Waals surface area contributed by atoms with Gasteiger partial charge < -0.3 is 11.1 Å². The molecule has 0 aliphatic rings. The van der Waals surface area contributed by atoms with E-state index in [0.717, 1.165) is 0 Å². The molecule has 0 unspecified atom stereocenters. The molecular weight excluding hydrogens is 198 g/mol. The van der Waals surface area contributed by atoms with Crippen LogP contribution in [0.3, 0.4) is 0 Å². The van der Waals surface area contributed by atoms with Crippen LogP contribution < -0.4 is 11.1 Å². The van der Waals surface area contributed by atoms with Crippen molar-refractivity contribution >= 4 is 11.8 Å². The molecular formula is C8H13N5O2. The third kappa shape index (κ3) is 2.52. The summed E-state index contributed by atoms with van der Waals surface area (Å²) in [6.07, 6.45) is 1.45. The molecule has 0 atom stereocenters. The Kier molecular flexibility index (Phi) is 2.74. The molecule has 3 N–H and O–H groups in total. The highest BCUT2D eigenvalue weighted by Gasteiger charge is 2.28. The molecule has 0 spiro atoms. The lowest BCUT2D eigenvalue weighted by Gasteiger charge is -2.21. The number of nitrogens with two attached hydrogens (primary N) is 1. The van der Waals surface area contributed by atoms with Gasteiger partial charge in [0.1, 0.15) is 5.54 Å². The lowest BCUT2D eigenvalue weighted by atomic mass is 10.1. The van der Waals surface area contributed by atoms with E-state index in [1.165, 1.54) is 24.7 Å². The number of aromatic nitrogens is 3. The quantitative estimate of drug-likeness (QED) is 0.656. The third-order valence-electron chi connectivity index (χ3n) is 1.88. The number of primary amides is 1. The first kappa shape index (κ1) is 11.2. The van der Waals surface area contributed by atoms with Gasteiger partial charge in [-0.1, -0.05) is 5.21 Å². The number of nitrogens with one attached hydrogen (secondary N) is 1. The van der Waals surface area contributed by atoms with E-state index in [-0.39, 0.29) is 5.69 Å². The summed E-state index contributed by atoms with van der Waals surface area (Å²) in [5.74, 6) is -1.09. The molecule has 0 aliphatic heterocycles. The van der Waals surface area contributed by atoms with Gasteiger partial charge in [0.05, 0.1) is 6.20 Å². The zero-order valence-electron chi connectivity index (χ0n) is 8.81. The van der Waals surface area contributed by atoms with Gasteiger partial charge in [-0.3, -0.25) is 14.3 Å². The van der Waals surface area contributed by atoms with Crippen LogP contribution in [-0.2, 0) is 11.8 Å². The minimum atomic E-state index is -1.10. The van der Waals surface area contributed by atoms with Crippen molar-refractivity contribution in [1.29, 1.82) is 0 Å². The van der Waals surface area contributed by atoms with E-state index in [1.54, 1.807) is 7.05 Å². The van der Waals surface area contributed by atoms with Gasteiger partial charge in [0.15, 0.2) is 5.69 Å². The van der Waals surface area contributed by atoms with E-state index in [2.05, 4.69) is 15.6 Å². The second kappa shape index (κ2) is 3.68. The van der Waals surface area contributed by atoms with Crippen LogP contribution >= 0.6 is 0 Å². The van der Waals surface area contributed by atoms with Gasteiger partial charge in [0, 0.05) is 7.05 Å². The molecule has 7 nitrogen and oxygen atoms in total. The standard InChI is InChI=1S/C8H13N5O2/c1-8(2,7(9)15)10-6(14)5-4-13(3)12-11-5/h4H,1-3H3,(H2,9,15)(H,10,14). The topological polar surface area (TPSA) is 103 Å². The number of carbonyl (C=O) groups is 2. The van der Waals surface area contributed by atoms with Crippen molar-refractivity contribution in [3.8, 4) is 0 Å². The molecule has 7 heteroatoms. The molecule has 0 fully saturated rings. The molecule has 1 aromatic heterocycles. The lowest BCUT2D eigenvalue weighted by Crippen LogP contribution is -2.53. The van der Waals surface area contributed by atoms with Gasteiger partial charge in [-0.25, -0.2) is 0 Å². The summed E-state index contributed by atoms with van der Waals surface area (Å²) in [4.78, 5) is 22.5. The van der Waals surface area contributed by atoms with Crippen LogP contribution in [-0.4, -0.2) is 32.3 Å². The van der Waals surface area contributed by atoms with Crippen LogP contribution in [0.4, 0.5) is 0 Å². The molecule has 0 bridgehead atoms. The van der Waals surface area contributed by atoms with Crippen LogP contribution in [0, 0.1) is 0 Å². The third-order valence-corrected chi connectivity index (χ3v) is 1.88. The van der Waals surface area contributed by atoms with Crippen molar-refractivity contribution in [2.75, 3.05) is 0 Å². The number of aryl methyl sites for hydroxylation is 1. The maximum absolute atomic E-state index is 11.5. The molecule has 15 heavy (non-hydrogen) atoms. The Morgan fingerprint density at radius 2 is 2.13 bits per heavy atom. The van der Waals surface area contributed by atoms with Gasteiger partial charge in [-0.15, -0.1) is 5.10 Å². The van der Waals surface area contributed by atoms with Crippen LogP contribution in [0.5, 0.6) is 0 Å². The highest BCUT2D eigenvalue weighted by Crippen LogP contribution is 2.02. The number of nitrogens with zero attached hydrogens (tertiary/aromatic N) is 3. The second-order valence-corrected chi connectivity index (χ2v) is 3.72. The molecule has 0 radical (unpaired) electrons. The summed E-state index contributed by atoms with van der Waals surface area (Å²) in [5.41, 5.74) is 4.15. The van der Waals surface area contributed by atoms with Crippen molar-refractivity contribution in [3.05, 3.63) is 11.9 Å². The predicted octanol–water partition coefficient (Wildman–Crippen LogP) is -1.19. The first-order valence-electron chi connectivity index (χ1n) is 4.31. The highest BCUT2D eigenvalue weighted by molar-refractivity contribution is 5.96. The number of amides is 2. The van der Waals surface area contributed by atoms with Crippen LogP contribution in [0.1, 0.15) is 24.3 Å². The van der Waals surface area contributed by atoms with E-state index in [4.69, 9.17) is 5.73 Å². The van der Waals surface area contributed by atoms with Crippen molar-refractivity contribution in [1.82, 2.24) is 20.3 Å². The van der Waals surface area contributed by atoms with Crippen molar-refractivity contribution in [2.24, 2.45) is 12.8 Å². The van der Waals surface area contributed by atoms with Gasteiger partial charge >= 0.3 is 0 Å². The summed E-state index contributed by atoms with van der Waals surface area (Å²) in [7, 11) is 1.64. The maximum atomic E-state index is 11.5. The van der Waals surface area contributed by atoms with Gasteiger partial charge in [-0.2, -0.15) is 0 Å². The van der Waals surface area contributed by atoms with Crippen molar-refractivity contribution in [3.63, 3.8) is 0 Å². The van der Waals surface area contributed by atoms with E-state index < -0.39 is 17.4 Å². The molecule has 0 aromatic carbocycles. The van der Waals surface area contributed by atoms with E-state index in [9.17, 15) is 9.59 Å². The van der Waals surface area contributed by atoms with Crippen molar-refractivity contribution < 1.29 is 9.59 Å². The summed E-state index contributed by atoms with van der Waals surface area (Å²) in [5, 5.41) is 9.67. The molecule has 0 saturated heterocycles. The fourth-order valence-corrected chi connectivity index (χ4v) is 0.861. The Labute approximate surface area is 86.6 Å². The lowest BCUT2D eigenvalue weighted by molar-refractivity contribution is -0.122. The van der Waals surface area contributed by atoms with Gasteiger partial charge in [-0.05, 0) is 13.8 Å². The zero-order valence-corrected chi connectivity index (χ0v) is 8.81. The van der Waals surface area contributed by atoms with Crippen molar-refractivity contribution in [2.45, 2.75) is 19.4 Å². The van der Waals surface area contributed by atoms with Crippen LogP contribution in [0.15, 0.2) is 6.20 Å². The summed E-state index contributed by atoms with van der Waals surface area (Å²) >= 11 is 0. The Balaban J connectivity index is 2.76. The average Bonchev–Trinajstić information content (AvgIpc) is 2.50. The molecule has 1 aromatic rings. The monoisotopic (exact) mass is 211 g/mol. The van der Waals surface area contributed by atoms with E-state index in [0.29, 0.717) is 0 Å². The Bertz CT molecular complexity index is 395. The zero-order chi connectivity index (χ0) is 11.6. The first-order valence-corrected chi connectivity index (χ1v) is 4.31. The number of hydrogen-bond donors (Lipinski definition) is 2. The number of rotatable bonds is 3. The first-order chi connectivity index (χ1) is 6.83. The fourth-order valence-electron chi connectivity index (χ4n) is 0.861. The minimum Gasteiger partial charge on any atom is -0.368 e. The van der Waals surface area contributed by atoms with Gasteiger partial charge in [0.25, 0.3) is 5.91 Å². The van der Waals surface area contributed by atoms with Gasteiger partial charge in [0.2, 0.25) is 5.91 Å². The Morgan fingerprint density at radius 3 is 2.53 bits per heavy atom. The molecule has 1 heterocycles. The largest absolute Gasteiger partial charge is 0.368 e. The second-order valence-electron chi connectivity index (χ2n) is 3.72. The smallest absolute Gasteiger partial charge is 0.274 e. The van der Waals surface area contributed by atoms with E-state index in [1.807, 2.05) is 0 Å². The summed E-state index contributed by atoms with van der Waals surface area (Å²) in [6.45, 7) is 3.03. The Hall–Kier alpha value is -1.92. The molecule has 2 amide bonds. The van der Waals surface area contributed by atoms with Crippen LogP contribution in [0.2, 0.25) is 0 Å². The predicted molar refractivity (Wildman–Crippen MR) is 51.7 cm³/mol. The Morgan fingerprint density at radius 1 is 1.53 bits per heavy atom. The fraction of sp³-hybridized carbons (Fsp3) is 0.500. The number of hydrogen-bond acceptors (Lipinski definition) is 4. The van der Waals surface area contributed by atoms with Crippen LogP contribution in [0.25, 0.3) is 0 Å². The minimum absolute atomic E-state index is 0.145. The highest BCUT2D eigenvalue weighted by atomic mass is 16.2. The summed E-state index contributed by atoms with van der Waals surface area (Å²) < 4.78 is 1.40. The molecule has 82 valence electrons. The SMILES string of the molecule is Cn1cc(C(=O)NC(C)(C)C(N)=O)nn1. The maximum Gasteiger partial charge on any atom is 0.274 e. The van der Waals surface area contributed by atoms with E-state index >= 15 is 0 Å². The molecule has 0 aliphatic carbocycles. The molecule has 1 rings (SSSR count). The number of carbonyl (C=O) groups excluding carboxylic acids is 2.